The van der Waals surface area contributed by atoms with Gasteiger partial charge in [0.25, 0.3) is 0 Å². The molecule has 1 N–H and O–H groups in total. The molecule has 0 aliphatic carbocycles. The Balaban J connectivity index is 2.14. The minimum atomic E-state index is -0.547. The molecule has 0 fully saturated rings. The summed E-state index contributed by atoms with van der Waals surface area (Å²) in [5.41, 5.74) is 1.93. The summed E-state index contributed by atoms with van der Waals surface area (Å²) in [5, 5.41) is 4.30. The highest BCUT2D eigenvalue weighted by molar-refractivity contribution is 7.99. The van der Waals surface area contributed by atoms with Gasteiger partial charge in [-0.05, 0) is 49.1 Å². The van der Waals surface area contributed by atoms with Gasteiger partial charge in [-0.2, -0.15) is 0 Å². The number of hydrogen-bond donors (Lipinski definition) is 1. The zero-order chi connectivity index (χ0) is 22.8. The number of amides is 2. The molecule has 0 aromatic heterocycles. The number of carbonyl (C=O) groups is 2. The first-order chi connectivity index (χ1) is 14.8. The molecule has 0 unspecified atom stereocenters. The molecule has 7 heteroatoms. The van der Waals surface area contributed by atoms with Gasteiger partial charge in [0.05, 0.1) is 5.75 Å². The van der Waals surface area contributed by atoms with Gasteiger partial charge in [0.15, 0.2) is 0 Å². The molecule has 2 atom stereocenters. The van der Waals surface area contributed by atoms with Crippen molar-refractivity contribution in [3.63, 3.8) is 0 Å². The fourth-order valence-corrected chi connectivity index (χ4v) is 4.28. The second-order valence-corrected chi connectivity index (χ2v) is 9.30. The van der Waals surface area contributed by atoms with Crippen LogP contribution in [0.2, 0.25) is 10.0 Å². The first-order valence-corrected chi connectivity index (χ1v) is 12.4. The molecule has 168 valence electrons. The van der Waals surface area contributed by atoms with Crippen LogP contribution in [0.5, 0.6) is 0 Å². The minimum Gasteiger partial charge on any atom is -0.352 e. The highest BCUT2D eigenvalue weighted by atomic mass is 35.5. The fourth-order valence-electron chi connectivity index (χ4n) is 3.09. The van der Waals surface area contributed by atoms with Gasteiger partial charge in [-0.25, -0.2) is 0 Å². The van der Waals surface area contributed by atoms with Crippen molar-refractivity contribution in [3.05, 3.63) is 69.7 Å². The van der Waals surface area contributed by atoms with E-state index in [4.69, 9.17) is 23.2 Å². The SMILES string of the molecule is CC[C@H](C(=O)N[C@@H](C)CC)N(Cc1ccccc1Cl)C(=O)CSCc1ccc(Cl)cc1. The Bertz CT molecular complexity index is 861. The molecule has 0 saturated heterocycles. The maximum absolute atomic E-state index is 13.2. The van der Waals surface area contributed by atoms with Gasteiger partial charge in [-0.15, -0.1) is 11.8 Å². The Morgan fingerprint density at radius 2 is 1.71 bits per heavy atom. The quantitative estimate of drug-likeness (QED) is 0.432. The first kappa shape index (κ1) is 25.6. The lowest BCUT2D eigenvalue weighted by Gasteiger charge is -2.31. The number of nitrogens with one attached hydrogen (secondary N) is 1. The molecule has 0 aliphatic rings. The van der Waals surface area contributed by atoms with Crippen LogP contribution < -0.4 is 5.32 Å². The Hall–Kier alpha value is -1.69. The van der Waals surface area contributed by atoms with Crippen LogP contribution in [-0.4, -0.2) is 34.6 Å². The van der Waals surface area contributed by atoms with E-state index < -0.39 is 6.04 Å². The number of hydrogen-bond acceptors (Lipinski definition) is 3. The van der Waals surface area contributed by atoms with E-state index in [1.807, 2.05) is 63.2 Å². The van der Waals surface area contributed by atoms with Gasteiger partial charge in [0.1, 0.15) is 6.04 Å². The molecule has 31 heavy (non-hydrogen) atoms. The van der Waals surface area contributed by atoms with Crippen LogP contribution in [-0.2, 0) is 21.9 Å². The van der Waals surface area contributed by atoms with Crippen molar-refractivity contribution >= 4 is 46.8 Å². The topological polar surface area (TPSA) is 49.4 Å². The number of benzene rings is 2. The minimum absolute atomic E-state index is 0.0538. The second kappa shape index (κ2) is 13.0. The lowest BCUT2D eigenvalue weighted by Crippen LogP contribution is -2.51. The van der Waals surface area contributed by atoms with Crippen LogP contribution in [0.4, 0.5) is 0 Å². The van der Waals surface area contributed by atoms with E-state index in [9.17, 15) is 9.59 Å². The summed E-state index contributed by atoms with van der Waals surface area (Å²) < 4.78 is 0. The smallest absolute Gasteiger partial charge is 0.243 e. The zero-order valence-electron chi connectivity index (χ0n) is 18.2. The predicted molar refractivity (Wildman–Crippen MR) is 132 cm³/mol. The third-order valence-electron chi connectivity index (χ3n) is 5.09. The van der Waals surface area contributed by atoms with E-state index in [0.717, 1.165) is 17.5 Å². The Morgan fingerprint density at radius 3 is 2.32 bits per heavy atom. The van der Waals surface area contributed by atoms with E-state index in [1.54, 1.807) is 11.0 Å². The van der Waals surface area contributed by atoms with Crippen molar-refractivity contribution in [2.75, 3.05) is 5.75 Å². The standard InChI is InChI=1S/C24H30Cl2N2O2S/c1-4-17(3)27-24(30)22(5-2)28(14-19-8-6-7-9-21(19)26)23(29)16-31-15-18-10-12-20(25)13-11-18/h6-13,17,22H,4-5,14-16H2,1-3H3,(H,27,30)/t17-,22+/m0/s1. The molecule has 0 saturated carbocycles. The van der Waals surface area contributed by atoms with Crippen molar-refractivity contribution in [2.45, 2.75) is 58.0 Å². The van der Waals surface area contributed by atoms with Crippen molar-refractivity contribution in [1.29, 1.82) is 0 Å². The summed E-state index contributed by atoms with van der Waals surface area (Å²) in [7, 11) is 0. The lowest BCUT2D eigenvalue weighted by molar-refractivity contribution is -0.139. The molecule has 0 radical (unpaired) electrons. The highest BCUT2D eigenvalue weighted by Gasteiger charge is 2.29. The Kier molecular flexibility index (Phi) is 10.7. The van der Waals surface area contributed by atoms with Crippen molar-refractivity contribution < 1.29 is 9.59 Å². The van der Waals surface area contributed by atoms with Crippen LogP contribution in [0, 0.1) is 0 Å². The molecular formula is C24H30Cl2N2O2S. The third-order valence-corrected chi connectivity index (χ3v) is 6.70. The van der Waals surface area contributed by atoms with Crippen LogP contribution in [0.25, 0.3) is 0 Å². The number of rotatable bonds is 11. The van der Waals surface area contributed by atoms with Gasteiger partial charge in [0, 0.05) is 28.4 Å². The zero-order valence-corrected chi connectivity index (χ0v) is 20.6. The average molecular weight is 481 g/mol. The molecule has 0 bridgehead atoms. The molecular weight excluding hydrogens is 451 g/mol. The Labute approximate surface area is 199 Å². The van der Waals surface area contributed by atoms with E-state index in [-0.39, 0.29) is 23.6 Å². The van der Waals surface area contributed by atoms with Gasteiger partial charge >= 0.3 is 0 Å². The lowest BCUT2D eigenvalue weighted by atomic mass is 10.1. The van der Waals surface area contributed by atoms with E-state index in [2.05, 4.69) is 5.32 Å². The average Bonchev–Trinajstić information content (AvgIpc) is 2.76. The maximum Gasteiger partial charge on any atom is 0.243 e. The Morgan fingerprint density at radius 1 is 1.03 bits per heavy atom. The van der Waals surface area contributed by atoms with E-state index in [1.165, 1.54) is 11.8 Å². The van der Waals surface area contributed by atoms with Gasteiger partial charge in [-0.1, -0.05) is 67.4 Å². The summed E-state index contributed by atoms with van der Waals surface area (Å²) in [6.45, 7) is 6.21. The van der Waals surface area contributed by atoms with E-state index in [0.29, 0.717) is 28.8 Å². The third kappa shape index (κ3) is 8.06. The molecule has 2 rings (SSSR count). The van der Waals surface area contributed by atoms with Crippen LogP contribution >= 0.6 is 35.0 Å². The molecule has 0 heterocycles. The maximum atomic E-state index is 13.2. The summed E-state index contributed by atoms with van der Waals surface area (Å²) in [6.07, 6.45) is 1.36. The molecule has 2 aromatic carbocycles. The van der Waals surface area contributed by atoms with Crippen LogP contribution in [0.15, 0.2) is 48.5 Å². The molecule has 2 aromatic rings. The summed E-state index contributed by atoms with van der Waals surface area (Å²) >= 11 is 13.8. The van der Waals surface area contributed by atoms with Gasteiger partial charge < -0.3 is 10.2 Å². The largest absolute Gasteiger partial charge is 0.352 e. The predicted octanol–water partition coefficient (Wildman–Crippen LogP) is 5.95. The van der Waals surface area contributed by atoms with Crippen molar-refractivity contribution in [1.82, 2.24) is 10.2 Å². The normalized spacial score (nSPS) is 12.8. The van der Waals surface area contributed by atoms with Crippen molar-refractivity contribution in [3.8, 4) is 0 Å². The molecule has 0 spiro atoms. The number of carbonyl (C=O) groups excluding carboxylic acids is 2. The van der Waals surface area contributed by atoms with Crippen LogP contribution in [0.3, 0.4) is 0 Å². The highest BCUT2D eigenvalue weighted by Crippen LogP contribution is 2.22. The summed E-state index contributed by atoms with van der Waals surface area (Å²) in [5.74, 6) is 0.767. The summed E-state index contributed by atoms with van der Waals surface area (Å²) in [6, 6.07) is 14.5. The molecule has 2 amide bonds. The monoisotopic (exact) mass is 480 g/mol. The molecule has 0 aliphatic heterocycles. The number of thioether (sulfide) groups is 1. The first-order valence-electron chi connectivity index (χ1n) is 10.5. The summed E-state index contributed by atoms with van der Waals surface area (Å²) in [4.78, 5) is 27.8. The second-order valence-electron chi connectivity index (χ2n) is 7.47. The van der Waals surface area contributed by atoms with Crippen molar-refractivity contribution in [2.24, 2.45) is 0 Å². The molecule has 4 nitrogen and oxygen atoms in total. The number of halogens is 2. The van der Waals surface area contributed by atoms with Gasteiger partial charge in [-0.3, -0.25) is 9.59 Å². The number of nitrogens with zero attached hydrogens (tertiary/aromatic N) is 1. The van der Waals surface area contributed by atoms with Gasteiger partial charge in [0.2, 0.25) is 11.8 Å². The van der Waals surface area contributed by atoms with Crippen LogP contribution in [0.1, 0.15) is 44.7 Å². The van der Waals surface area contributed by atoms with E-state index >= 15 is 0 Å². The fraction of sp³-hybridized carbons (Fsp3) is 0.417.